The maximum atomic E-state index is 11.9. The van der Waals surface area contributed by atoms with Gasteiger partial charge in [-0.1, -0.05) is 23.7 Å². The zero-order valence-electron chi connectivity index (χ0n) is 11.1. The molecule has 0 spiro atoms. The minimum Gasteiger partial charge on any atom is -0.460 e. The van der Waals surface area contributed by atoms with Crippen LogP contribution in [-0.4, -0.2) is 18.1 Å². The SMILES string of the molecule is CC(C)(C)OC(=O)C(CN)Cc1cccc(Cl)c1. The van der Waals surface area contributed by atoms with Crippen LogP contribution in [0.1, 0.15) is 26.3 Å². The van der Waals surface area contributed by atoms with Crippen LogP contribution in [0, 0.1) is 5.92 Å². The molecule has 0 bridgehead atoms. The van der Waals surface area contributed by atoms with Crippen molar-refractivity contribution in [2.45, 2.75) is 32.8 Å². The van der Waals surface area contributed by atoms with E-state index in [1.54, 1.807) is 6.07 Å². The molecular weight excluding hydrogens is 250 g/mol. The third-order valence-corrected chi connectivity index (χ3v) is 2.63. The Hall–Kier alpha value is -1.06. The van der Waals surface area contributed by atoms with Gasteiger partial charge in [0.1, 0.15) is 5.60 Å². The van der Waals surface area contributed by atoms with Crippen molar-refractivity contribution < 1.29 is 9.53 Å². The van der Waals surface area contributed by atoms with E-state index in [0.717, 1.165) is 5.56 Å². The van der Waals surface area contributed by atoms with E-state index in [-0.39, 0.29) is 18.4 Å². The molecule has 0 fully saturated rings. The Morgan fingerprint density at radius 2 is 2.11 bits per heavy atom. The highest BCUT2D eigenvalue weighted by molar-refractivity contribution is 6.30. The number of benzene rings is 1. The first-order valence-electron chi connectivity index (χ1n) is 5.99. The summed E-state index contributed by atoms with van der Waals surface area (Å²) >= 11 is 5.91. The molecule has 0 radical (unpaired) electrons. The van der Waals surface area contributed by atoms with Crippen molar-refractivity contribution in [1.29, 1.82) is 0 Å². The lowest BCUT2D eigenvalue weighted by atomic mass is 9.99. The third-order valence-electron chi connectivity index (χ3n) is 2.40. The predicted octanol–water partition coefficient (Wildman–Crippen LogP) is 2.80. The van der Waals surface area contributed by atoms with Gasteiger partial charge >= 0.3 is 5.97 Å². The van der Waals surface area contributed by atoms with Crippen LogP contribution in [0.15, 0.2) is 24.3 Å². The molecule has 18 heavy (non-hydrogen) atoms. The normalized spacial score (nSPS) is 13.2. The Labute approximate surface area is 113 Å². The number of nitrogens with two attached hydrogens (primary N) is 1. The lowest BCUT2D eigenvalue weighted by Crippen LogP contribution is -2.33. The Balaban J connectivity index is 2.70. The molecule has 0 aliphatic heterocycles. The first kappa shape index (κ1) is 15.0. The highest BCUT2D eigenvalue weighted by Gasteiger charge is 2.24. The quantitative estimate of drug-likeness (QED) is 0.855. The number of hydrogen-bond acceptors (Lipinski definition) is 3. The molecule has 1 aromatic carbocycles. The van der Waals surface area contributed by atoms with E-state index >= 15 is 0 Å². The van der Waals surface area contributed by atoms with Crippen LogP contribution in [0.3, 0.4) is 0 Å². The molecule has 1 unspecified atom stereocenters. The number of esters is 1. The summed E-state index contributed by atoms with van der Waals surface area (Å²) in [7, 11) is 0. The number of hydrogen-bond donors (Lipinski definition) is 1. The standard InChI is InChI=1S/C14H20ClNO2/c1-14(2,3)18-13(17)11(9-16)7-10-5-4-6-12(15)8-10/h4-6,8,11H,7,9,16H2,1-3H3. The summed E-state index contributed by atoms with van der Waals surface area (Å²) in [6.45, 7) is 5.80. The topological polar surface area (TPSA) is 52.3 Å². The van der Waals surface area contributed by atoms with Gasteiger partial charge in [-0.25, -0.2) is 0 Å². The molecule has 0 aliphatic rings. The van der Waals surface area contributed by atoms with E-state index in [9.17, 15) is 4.79 Å². The molecule has 0 heterocycles. The van der Waals surface area contributed by atoms with Crippen LogP contribution in [0.5, 0.6) is 0 Å². The van der Waals surface area contributed by atoms with Crippen LogP contribution < -0.4 is 5.73 Å². The Morgan fingerprint density at radius 1 is 1.44 bits per heavy atom. The van der Waals surface area contributed by atoms with Gasteiger partial charge in [-0.3, -0.25) is 4.79 Å². The molecule has 0 saturated heterocycles. The van der Waals surface area contributed by atoms with Gasteiger partial charge in [-0.05, 0) is 44.9 Å². The molecule has 2 N–H and O–H groups in total. The van der Waals surface area contributed by atoms with Crippen molar-refractivity contribution >= 4 is 17.6 Å². The fraction of sp³-hybridized carbons (Fsp3) is 0.500. The summed E-state index contributed by atoms with van der Waals surface area (Å²) in [5.74, 6) is -0.590. The molecule has 3 nitrogen and oxygen atoms in total. The summed E-state index contributed by atoms with van der Waals surface area (Å²) < 4.78 is 5.34. The van der Waals surface area contributed by atoms with Crippen LogP contribution in [-0.2, 0) is 16.0 Å². The maximum absolute atomic E-state index is 11.9. The summed E-state index contributed by atoms with van der Waals surface area (Å²) in [6, 6.07) is 7.43. The second kappa shape index (κ2) is 6.21. The first-order chi connectivity index (χ1) is 8.31. The second-order valence-corrected chi connectivity index (χ2v) is 5.74. The van der Waals surface area contributed by atoms with Gasteiger partial charge in [-0.15, -0.1) is 0 Å². The summed E-state index contributed by atoms with van der Waals surface area (Å²) in [5.41, 5.74) is 6.15. The van der Waals surface area contributed by atoms with Gasteiger partial charge in [0.15, 0.2) is 0 Å². The smallest absolute Gasteiger partial charge is 0.311 e. The zero-order valence-corrected chi connectivity index (χ0v) is 11.8. The van der Waals surface area contributed by atoms with Crippen molar-refractivity contribution in [3.05, 3.63) is 34.9 Å². The molecule has 1 aromatic rings. The molecule has 1 atom stereocenters. The zero-order chi connectivity index (χ0) is 13.8. The Morgan fingerprint density at radius 3 is 2.61 bits per heavy atom. The molecule has 4 heteroatoms. The Kier molecular flexibility index (Phi) is 5.17. The minimum atomic E-state index is -0.487. The monoisotopic (exact) mass is 269 g/mol. The molecule has 1 rings (SSSR count). The summed E-state index contributed by atoms with van der Waals surface area (Å²) in [4.78, 5) is 11.9. The van der Waals surface area contributed by atoms with Gasteiger partial charge in [-0.2, -0.15) is 0 Å². The molecule has 0 amide bonds. The van der Waals surface area contributed by atoms with E-state index < -0.39 is 5.60 Å². The number of rotatable bonds is 4. The van der Waals surface area contributed by atoms with Crippen molar-refractivity contribution in [3.8, 4) is 0 Å². The van der Waals surface area contributed by atoms with Crippen molar-refractivity contribution in [2.24, 2.45) is 11.7 Å². The van der Waals surface area contributed by atoms with E-state index in [2.05, 4.69) is 0 Å². The molecule has 0 aromatic heterocycles. The molecule has 100 valence electrons. The highest BCUT2D eigenvalue weighted by Crippen LogP contribution is 2.17. The van der Waals surface area contributed by atoms with E-state index in [4.69, 9.17) is 22.1 Å². The summed E-state index contributed by atoms with van der Waals surface area (Å²) in [6.07, 6.45) is 0.548. The van der Waals surface area contributed by atoms with E-state index in [1.807, 2.05) is 39.0 Å². The van der Waals surface area contributed by atoms with Crippen molar-refractivity contribution in [2.75, 3.05) is 6.54 Å². The number of carbonyl (C=O) groups excluding carboxylic acids is 1. The molecule has 0 saturated carbocycles. The van der Waals surface area contributed by atoms with E-state index in [1.165, 1.54) is 0 Å². The Bertz CT molecular complexity index is 413. The van der Waals surface area contributed by atoms with Crippen LogP contribution in [0.25, 0.3) is 0 Å². The van der Waals surface area contributed by atoms with Gasteiger partial charge in [0, 0.05) is 11.6 Å². The second-order valence-electron chi connectivity index (χ2n) is 5.30. The van der Waals surface area contributed by atoms with Crippen molar-refractivity contribution in [3.63, 3.8) is 0 Å². The third kappa shape index (κ3) is 5.07. The van der Waals surface area contributed by atoms with Crippen LogP contribution in [0.4, 0.5) is 0 Å². The average Bonchev–Trinajstić information content (AvgIpc) is 2.23. The first-order valence-corrected chi connectivity index (χ1v) is 6.37. The number of carbonyl (C=O) groups is 1. The predicted molar refractivity (Wildman–Crippen MR) is 73.5 cm³/mol. The molecular formula is C14H20ClNO2. The highest BCUT2D eigenvalue weighted by atomic mass is 35.5. The largest absolute Gasteiger partial charge is 0.460 e. The molecule has 0 aliphatic carbocycles. The fourth-order valence-electron chi connectivity index (χ4n) is 1.60. The van der Waals surface area contributed by atoms with Gasteiger partial charge < -0.3 is 10.5 Å². The number of halogens is 1. The lowest BCUT2D eigenvalue weighted by molar-refractivity contribution is -0.159. The van der Waals surface area contributed by atoms with Crippen LogP contribution in [0.2, 0.25) is 5.02 Å². The number of ether oxygens (including phenoxy) is 1. The lowest BCUT2D eigenvalue weighted by Gasteiger charge is -2.23. The van der Waals surface area contributed by atoms with Gasteiger partial charge in [0.2, 0.25) is 0 Å². The van der Waals surface area contributed by atoms with Gasteiger partial charge in [0.05, 0.1) is 5.92 Å². The van der Waals surface area contributed by atoms with E-state index in [0.29, 0.717) is 11.4 Å². The van der Waals surface area contributed by atoms with Crippen LogP contribution >= 0.6 is 11.6 Å². The summed E-state index contributed by atoms with van der Waals surface area (Å²) in [5, 5.41) is 0.660. The maximum Gasteiger partial charge on any atom is 0.311 e. The minimum absolute atomic E-state index is 0.259. The van der Waals surface area contributed by atoms with Crippen molar-refractivity contribution in [1.82, 2.24) is 0 Å². The fourth-order valence-corrected chi connectivity index (χ4v) is 1.81. The van der Waals surface area contributed by atoms with Gasteiger partial charge in [0.25, 0.3) is 0 Å². The average molecular weight is 270 g/mol.